The van der Waals surface area contributed by atoms with Gasteiger partial charge in [0.2, 0.25) is 0 Å². The first-order chi connectivity index (χ1) is 10.3. The van der Waals surface area contributed by atoms with Crippen LogP contribution >= 0.6 is 0 Å². The number of rotatable bonds is 3. The Bertz CT molecular complexity index is 574. The quantitative estimate of drug-likeness (QED) is 0.900. The topological polar surface area (TPSA) is 70.2 Å². The van der Waals surface area contributed by atoms with Gasteiger partial charge >= 0.3 is 6.03 Å². The largest absolute Gasteiger partial charge is 0.378 e. The van der Waals surface area contributed by atoms with E-state index < -0.39 is 0 Å². The van der Waals surface area contributed by atoms with Crippen molar-refractivity contribution in [3.8, 4) is 11.4 Å². The molecular formula is C15H18N4O2. The SMILES string of the molecule is O=C(NCc1ccc(-c2ncc[nH]2)cc1)N1CCOCC1. The van der Waals surface area contributed by atoms with E-state index in [2.05, 4.69) is 15.3 Å². The minimum atomic E-state index is -0.0339. The van der Waals surface area contributed by atoms with Crippen LogP contribution in [0.15, 0.2) is 36.7 Å². The summed E-state index contributed by atoms with van der Waals surface area (Å²) in [7, 11) is 0. The van der Waals surface area contributed by atoms with E-state index in [9.17, 15) is 4.79 Å². The molecule has 1 saturated heterocycles. The Hall–Kier alpha value is -2.34. The van der Waals surface area contributed by atoms with Gasteiger partial charge in [-0.15, -0.1) is 0 Å². The average Bonchev–Trinajstić information content (AvgIpc) is 3.08. The molecule has 6 heteroatoms. The molecule has 0 radical (unpaired) electrons. The number of morpholine rings is 1. The van der Waals surface area contributed by atoms with Gasteiger partial charge in [0.25, 0.3) is 0 Å². The second-order valence-corrected chi connectivity index (χ2v) is 4.89. The van der Waals surface area contributed by atoms with E-state index in [1.807, 2.05) is 24.3 Å². The minimum Gasteiger partial charge on any atom is -0.378 e. The number of nitrogens with one attached hydrogen (secondary N) is 2. The third-order valence-electron chi connectivity index (χ3n) is 3.47. The van der Waals surface area contributed by atoms with Crippen molar-refractivity contribution in [1.29, 1.82) is 0 Å². The maximum atomic E-state index is 12.0. The summed E-state index contributed by atoms with van der Waals surface area (Å²) in [6.45, 7) is 3.07. The lowest BCUT2D eigenvalue weighted by atomic mass is 10.1. The lowest BCUT2D eigenvalue weighted by molar-refractivity contribution is 0.0531. The number of carbonyl (C=O) groups excluding carboxylic acids is 1. The molecule has 1 aliphatic rings. The molecule has 3 rings (SSSR count). The molecule has 0 unspecified atom stereocenters. The van der Waals surface area contributed by atoms with Gasteiger partial charge in [-0.1, -0.05) is 24.3 Å². The Labute approximate surface area is 123 Å². The molecule has 0 atom stereocenters. The van der Waals surface area contributed by atoms with E-state index in [0.717, 1.165) is 17.0 Å². The van der Waals surface area contributed by atoms with Gasteiger partial charge in [-0.2, -0.15) is 0 Å². The fraction of sp³-hybridized carbons (Fsp3) is 0.333. The number of aromatic amines is 1. The summed E-state index contributed by atoms with van der Waals surface area (Å²) >= 11 is 0. The third-order valence-corrected chi connectivity index (χ3v) is 3.47. The molecule has 0 aliphatic carbocycles. The van der Waals surface area contributed by atoms with Crippen molar-refractivity contribution >= 4 is 6.03 Å². The van der Waals surface area contributed by atoms with Crippen molar-refractivity contribution in [2.75, 3.05) is 26.3 Å². The van der Waals surface area contributed by atoms with Crippen LogP contribution in [0, 0.1) is 0 Å². The number of carbonyl (C=O) groups is 1. The molecule has 1 aliphatic heterocycles. The molecule has 2 heterocycles. The normalized spacial score (nSPS) is 15.0. The van der Waals surface area contributed by atoms with E-state index >= 15 is 0 Å². The summed E-state index contributed by atoms with van der Waals surface area (Å²) in [6, 6.07) is 7.95. The third kappa shape index (κ3) is 3.41. The minimum absolute atomic E-state index is 0.0339. The van der Waals surface area contributed by atoms with Gasteiger partial charge < -0.3 is 19.9 Å². The Morgan fingerprint density at radius 3 is 2.71 bits per heavy atom. The van der Waals surface area contributed by atoms with Crippen LogP contribution in [-0.4, -0.2) is 47.2 Å². The highest BCUT2D eigenvalue weighted by Crippen LogP contribution is 2.15. The summed E-state index contributed by atoms with van der Waals surface area (Å²) in [6.07, 6.45) is 3.53. The van der Waals surface area contributed by atoms with Crippen molar-refractivity contribution in [1.82, 2.24) is 20.2 Å². The fourth-order valence-electron chi connectivity index (χ4n) is 2.26. The Balaban J connectivity index is 1.54. The summed E-state index contributed by atoms with van der Waals surface area (Å²) in [5.41, 5.74) is 2.09. The Morgan fingerprint density at radius 2 is 2.05 bits per heavy atom. The zero-order valence-electron chi connectivity index (χ0n) is 11.7. The predicted octanol–water partition coefficient (Wildman–Crippen LogP) is 1.62. The summed E-state index contributed by atoms with van der Waals surface area (Å²) in [5.74, 6) is 0.846. The van der Waals surface area contributed by atoms with Gasteiger partial charge in [0.05, 0.1) is 13.2 Å². The van der Waals surface area contributed by atoms with E-state index in [4.69, 9.17) is 4.74 Å². The maximum Gasteiger partial charge on any atom is 0.317 e. The molecule has 2 amide bonds. The molecule has 1 fully saturated rings. The molecule has 1 aromatic heterocycles. The predicted molar refractivity (Wildman–Crippen MR) is 78.7 cm³/mol. The van der Waals surface area contributed by atoms with Crippen LogP contribution in [-0.2, 0) is 11.3 Å². The van der Waals surface area contributed by atoms with Gasteiger partial charge in [0, 0.05) is 37.6 Å². The highest BCUT2D eigenvalue weighted by molar-refractivity contribution is 5.74. The first-order valence-electron chi connectivity index (χ1n) is 7.02. The van der Waals surface area contributed by atoms with Crippen LogP contribution in [0.1, 0.15) is 5.56 Å². The number of amides is 2. The van der Waals surface area contributed by atoms with E-state index in [0.29, 0.717) is 32.8 Å². The van der Waals surface area contributed by atoms with Gasteiger partial charge in [0.15, 0.2) is 0 Å². The molecule has 0 spiro atoms. The zero-order valence-corrected chi connectivity index (χ0v) is 11.7. The maximum absolute atomic E-state index is 12.0. The second kappa shape index (κ2) is 6.41. The molecular weight excluding hydrogens is 268 g/mol. The van der Waals surface area contributed by atoms with Crippen LogP contribution in [0.25, 0.3) is 11.4 Å². The molecule has 0 bridgehead atoms. The van der Waals surface area contributed by atoms with Crippen LogP contribution in [0.4, 0.5) is 4.79 Å². The highest BCUT2D eigenvalue weighted by atomic mass is 16.5. The highest BCUT2D eigenvalue weighted by Gasteiger charge is 2.15. The zero-order chi connectivity index (χ0) is 14.5. The second-order valence-electron chi connectivity index (χ2n) is 4.89. The molecule has 0 saturated carbocycles. The van der Waals surface area contributed by atoms with Gasteiger partial charge in [-0.25, -0.2) is 9.78 Å². The first-order valence-corrected chi connectivity index (χ1v) is 7.02. The van der Waals surface area contributed by atoms with Crippen molar-refractivity contribution in [2.45, 2.75) is 6.54 Å². The molecule has 2 N–H and O–H groups in total. The molecule has 1 aromatic carbocycles. The van der Waals surface area contributed by atoms with Crippen molar-refractivity contribution in [3.63, 3.8) is 0 Å². The number of ether oxygens (including phenoxy) is 1. The van der Waals surface area contributed by atoms with E-state index in [1.165, 1.54) is 0 Å². The number of benzene rings is 1. The fourth-order valence-corrected chi connectivity index (χ4v) is 2.26. The average molecular weight is 286 g/mol. The lowest BCUT2D eigenvalue weighted by Gasteiger charge is -2.26. The van der Waals surface area contributed by atoms with Gasteiger partial charge in [-0.05, 0) is 5.56 Å². The number of hydrogen-bond acceptors (Lipinski definition) is 3. The van der Waals surface area contributed by atoms with E-state index in [1.54, 1.807) is 17.3 Å². The number of urea groups is 1. The number of aromatic nitrogens is 2. The lowest BCUT2D eigenvalue weighted by Crippen LogP contribution is -2.45. The standard InChI is InChI=1S/C15H18N4O2/c20-15(19-7-9-21-10-8-19)18-11-12-1-3-13(4-2-12)14-16-5-6-17-14/h1-6H,7-11H2,(H,16,17)(H,18,20). The first kappa shape index (κ1) is 13.6. The van der Waals surface area contributed by atoms with Crippen LogP contribution < -0.4 is 5.32 Å². The molecule has 110 valence electrons. The number of nitrogens with zero attached hydrogens (tertiary/aromatic N) is 2. The van der Waals surface area contributed by atoms with Crippen LogP contribution in [0.5, 0.6) is 0 Å². The van der Waals surface area contributed by atoms with Crippen molar-refractivity contribution < 1.29 is 9.53 Å². The molecule has 2 aromatic rings. The van der Waals surface area contributed by atoms with Crippen molar-refractivity contribution in [2.24, 2.45) is 0 Å². The molecule has 21 heavy (non-hydrogen) atoms. The van der Waals surface area contributed by atoms with Crippen molar-refractivity contribution in [3.05, 3.63) is 42.2 Å². The summed E-state index contributed by atoms with van der Waals surface area (Å²) < 4.78 is 5.23. The Kier molecular flexibility index (Phi) is 4.16. The molecule has 6 nitrogen and oxygen atoms in total. The summed E-state index contributed by atoms with van der Waals surface area (Å²) in [5, 5.41) is 2.93. The number of hydrogen-bond donors (Lipinski definition) is 2. The van der Waals surface area contributed by atoms with Crippen LogP contribution in [0.2, 0.25) is 0 Å². The number of H-pyrrole nitrogens is 1. The van der Waals surface area contributed by atoms with Crippen LogP contribution in [0.3, 0.4) is 0 Å². The Morgan fingerprint density at radius 1 is 1.29 bits per heavy atom. The summed E-state index contributed by atoms with van der Waals surface area (Å²) in [4.78, 5) is 21.0. The monoisotopic (exact) mass is 286 g/mol. The van der Waals surface area contributed by atoms with Gasteiger partial charge in [0.1, 0.15) is 5.82 Å². The number of imidazole rings is 1. The van der Waals surface area contributed by atoms with Gasteiger partial charge in [-0.3, -0.25) is 0 Å². The van der Waals surface area contributed by atoms with E-state index in [-0.39, 0.29) is 6.03 Å². The smallest absolute Gasteiger partial charge is 0.317 e.